The van der Waals surface area contributed by atoms with Crippen LogP contribution in [0.25, 0.3) is 22.2 Å². The number of nitrogens with two attached hydrogens (primary N) is 1. The summed E-state index contributed by atoms with van der Waals surface area (Å²) < 4.78 is 69.3. The number of nitrogens with zero attached hydrogens (tertiary/aromatic N) is 2. The molecule has 32 heavy (non-hydrogen) atoms. The molecule has 6 nitrogen and oxygen atoms in total. The zero-order chi connectivity index (χ0) is 23.1. The summed E-state index contributed by atoms with van der Waals surface area (Å²) in [7, 11) is -2.12. The smallest absolute Gasteiger partial charge is 0.416 e. The van der Waals surface area contributed by atoms with Crippen LogP contribution < -0.4 is 9.88 Å². The summed E-state index contributed by atoms with van der Waals surface area (Å²) in [6, 6.07) is 16.2. The van der Waals surface area contributed by atoms with Crippen molar-refractivity contribution in [2.45, 2.75) is 17.7 Å². The van der Waals surface area contributed by atoms with Gasteiger partial charge in [-0.05, 0) is 48.0 Å². The van der Waals surface area contributed by atoms with E-state index in [1.54, 1.807) is 48.0 Å². The lowest BCUT2D eigenvalue weighted by Crippen LogP contribution is -2.13. The van der Waals surface area contributed by atoms with Gasteiger partial charge in [0, 0.05) is 12.6 Å². The van der Waals surface area contributed by atoms with Gasteiger partial charge in [-0.1, -0.05) is 24.3 Å². The highest BCUT2D eigenvalue weighted by Gasteiger charge is 2.30. The van der Waals surface area contributed by atoms with Gasteiger partial charge in [0.05, 0.1) is 21.5 Å². The van der Waals surface area contributed by atoms with Crippen LogP contribution in [0, 0.1) is 0 Å². The molecule has 4 aromatic rings. The van der Waals surface area contributed by atoms with Crippen molar-refractivity contribution < 1.29 is 26.3 Å². The predicted molar refractivity (Wildman–Crippen MR) is 113 cm³/mol. The summed E-state index contributed by atoms with van der Waals surface area (Å²) in [4.78, 5) is 4.55. The number of halogens is 3. The fraction of sp³-hybridized carbons (Fsp3) is 0.136. The van der Waals surface area contributed by atoms with Crippen LogP contribution in [0.1, 0.15) is 11.4 Å². The monoisotopic (exact) mass is 461 g/mol. The number of rotatable bonds is 5. The first-order chi connectivity index (χ1) is 15.0. The van der Waals surface area contributed by atoms with E-state index in [-0.39, 0.29) is 17.3 Å². The van der Waals surface area contributed by atoms with Gasteiger partial charge in [-0.3, -0.25) is 0 Å². The number of benzene rings is 3. The Kier molecular flexibility index (Phi) is 5.43. The Morgan fingerprint density at radius 2 is 1.72 bits per heavy atom. The molecule has 0 unspecified atom stereocenters. The van der Waals surface area contributed by atoms with Crippen molar-refractivity contribution in [3.05, 3.63) is 78.1 Å². The van der Waals surface area contributed by atoms with Crippen LogP contribution in [0.15, 0.2) is 71.6 Å². The van der Waals surface area contributed by atoms with Crippen LogP contribution in [0.3, 0.4) is 0 Å². The number of ether oxygens (including phenoxy) is 1. The van der Waals surface area contributed by atoms with Crippen molar-refractivity contribution in [1.82, 2.24) is 9.55 Å². The topological polar surface area (TPSA) is 87.2 Å². The van der Waals surface area contributed by atoms with Gasteiger partial charge in [0.1, 0.15) is 18.2 Å². The van der Waals surface area contributed by atoms with Crippen molar-refractivity contribution >= 4 is 21.1 Å². The number of fused-ring (bicyclic) bond motifs is 1. The molecule has 3 aromatic carbocycles. The Morgan fingerprint density at radius 3 is 2.38 bits per heavy atom. The standard InChI is InChI=1S/C22H18F3N3O3S/c1-28-19-11-6-14(17-4-2-3-5-20(17)32(26,29)30)12-18(19)27-21(28)13-31-16-9-7-15(8-10-16)22(23,24)25/h2-12H,13H2,1H3,(H2,26,29,30). The third kappa shape index (κ3) is 4.32. The van der Waals surface area contributed by atoms with Crippen LogP contribution >= 0.6 is 0 Å². The maximum absolute atomic E-state index is 12.7. The minimum atomic E-state index is -4.41. The summed E-state index contributed by atoms with van der Waals surface area (Å²) >= 11 is 0. The minimum Gasteiger partial charge on any atom is -0.486 e. The summed E-state index contributed by atoms with van der Waals surface area (Å²) in [6.07, 6.45) is -4.41. The molecule has 0 atom stereocenters. The highest BCUT2D eigenvalue weighted by Crippen LogP contribution is 2.31. The Labute approximate surface area is 182 Å². The summed E-state index contributed by atoms with van der Waals surface area (Å²) in [5.74, 6) is 0.838. The fourth-order valence-electron chi connectivity index (χ4n) is 3.39. The van der Waals surface area contributed by atoms with Gasteiger partial charge in [-0.25, -0.2) is 18.5 Å². The zero-order valence-corrected chi connectivity index (χ0v) is 17.6. The van der Waals surface area contributed by atoms with Gasteiger partial charge in [0.15, 0.2) is 0 Å². The van der Waals surface area contributed by atoms with Gasteiger partial charge in [0.2, 0.25) is 10.0 Å². The average Bonchev–Trinajstić information content (AvgIpc) is 3.06. The molecule has 0 aliphatic rings. The Hall–Kier alpha value is -3.37. The van der Waals surface area contributed by atoms with Gasteiger partial charge in [-0.15, -0.1) is 0 Å². The lowest BCUT2D eigenvalue weighted by molar-refractivity contribution is -0.137. The molecule has 1 aromatic heterocycles. The van der Waals surface area contributed by atoms with Gasteiger partial charge >= 0.3 is 6.18 Å². The highest BCUT2D eigenvalue weighted by molar-refractivity contribution is 7.89. The van der Waals surface area contributed by atoms with Crippen molar-refractivity contribution in [2.75, 3.05) is 0 Å². The molecule has 166 valence electrons. The Balaban J connectivity index is 1.62. The molecule has 0 saturated heterocycles. The van der Waals surface area contributed by atoms with E-state index >= 15 is 0 Å². The summed E-state index contributed by atoms with van der Waals surface area (Å²) in [5, 5.41) is 5.34. The third-order valence-electron chi connectivity index (χ3n) is 5.03. The first-order valence-corrected chi connectivity index (χ1v) is 11.0. The van der Waals surface area contributed by atoms with Crippen molar-refractivity contribution in [3.63, 3.8) is 0 Å². The third-order valence-corrected chi connectivity index (χ3v) is 6.00. The van der Waals surface area contributed by atoms with E-state index in [1.807, 2.05) is 0 Å². The first-order valence-electron chi connectivity index (χ1n) is 9.41. The van der Waals surface area contributed by atoms with Crippen molar-refractivity contribution in [1.29, 1.82) is 0 Å². The lowest BCUT2D eigenvalue weighted by atomic mass is 10.1. The first kappa shape index (κ1) is 21.8. The second-order valence-electron chi connectivity index (χ2n) is 7.14. The van der Waals surface area contributed by atoms with Crippen LogP contribution in [-0.4, -0.2) is 18.0 Å². The van der Waals surface area contributed by atoms with E-state index in [1.165, 1.54) is 18.2 Å². The summed E-state index contributed by atoms with van der Waals surface area (Å²) in [5.41, 5.74) is 1.74. The molecular weight excluding hydrogens is 443 g/mol. The quantitative estimate of drug-likeness (QED) is 0.475. The normalized spacial score (nSPS) is 12.3. The molecule has 0 radical (unpaired) electrons. The van der Waals surface area contributed by atoms with E-state index < -0.39 is 21.8 Å². The van der Waals surface area contributed by atoms with Crippen molar-refractivity contribution in [2.24, 2.45) is 12.2 Å². The van der Waals surface area contributed by atoms with E-state index in [0.717, 1.165) is 17.6 Å². The fourth-order valence-corrected chi connectivity index (χ4v) is 4.15. The van der Waals surface area contributed by atoms with Crippen LogP contribution in [0.5, 0.6) is 5.75 Å². The Bertz CT molecular complexity index is 1400. The number of hydrogen-bond acceptors (Lipinski definition) is 4. The SMILES string of the molecule is Cn1c(COc2ccc(C(F)(F)F)cc2)nc2cc(-c3ccccc3S(N)(=O)=O)ccc21. The van der Waals surface area contributed by atoms with Crippen molar-refractivity contribution in [3.8, 4) is 16.9 Å². The number of primary sulfonamides is 1. The number of imidazole rings is 1. The average molecular weight is 461 g/mol. The molecular formula is C22H18F3N3O3S. The minimum absolute atomic E-state index is 0.0149. The van der Waals surface area contributed by atoms with E-state index in [0.29, 0.717) is 22.5 Å². The van der Waals surface area contributed by atoms with Gasteiger partial charge in [-0.2, -0.15) is 13.2 Å². The molecule has 0 bridgehead atoms. The second-order valence-corrected chi connectivity index (χ2v) is 8.67. The molecule has 0 aliphatic carbocycles. The molecule has 0 fully saturated rings. The highest BCUT2D eigenvalue weighted by atomic mass is 32.2. The number of sulfonamides is 1. The van der Waals surface area contributed by atoms with Crippen LogP contribution in [-0.2, 0) is 29.9 Å². The molecule has 1 heterocycles. The molecule has 4 rings (SSSR count). The maximum Gasteiger partial charge on any atom is 0.416 e. The van der Waals surface area contributed by atoms with E-state index in [2.05, 4.69) is 4.98 Å². The molecule has 2 N–H and O–H groups in total. The van der Waals surface area contributed by atoms with Crippen LogP contribution in [0.4, 0.5) is 13.2 Å². The molecule has 0 saturated carbocycles. The number of alkyl halides is 3. The Morgan fingerprint density at radius 1 is 1.03 bits per heavy atom. The molecule has 0 amide bonds. The molecule has 0 spiro atoms. The lowest BCUT2D eigenvalue weighted by Gasteiger charge is -2.09. The van der Waals surface area contributed by atoms with E-state index in [9.17, 15) is 21.6 Å². The summed E-state index contributed by atoms with van der Waals surface area (Å²) in [6.45, 7) is 0.0413. The molecule has 0 aliphatic heterocycles. The van der Waals surface area contributed by atoms with Crippen LogP contribution in [0.2, 0.25) is 0 Å². The number of hydrogen-bond donors (Lipinski definition) is 1. The predicted octanol–water partition coefficient (Wildman–Crippen LogP) is 4.49. The number of aryl methyl sites for hydroxylation is 1. The zero-order valence-electron chi connectivity index (χ0n) is 16.8. The van der Waals surface area contributed by atoms with E-state index in [4.69, 9.17) is 9.88 Å². The maximum atomic E-state index is 12.7. The number of aromatic nitrogens is 2. The van der Waals surface area contributed by atoms with Gasteiger partial charge in [0.25, 0.3) is 0 Å². The largest absolute Gasteiger partial charge is 0.486 e. The van der Waals surface area contributed by atoms with Gasteiger partial charge < -0.3 is 9.30 Å². The second kappa shape index (κ2) is 7.95. The molecule has 10 heteroatoms.